The van der Waals surface area contributed by atoms with Crippen LogP contribution in [0.4, 0.5) is 0 Å². The van der Waals surface area contributed by atoms with Gasteiger partial charge < -0.3 is 9.73 Å². The Morgan fingerprint density at radius 2 is 1.89 bits per heavy atom. The van der Waals surface area contributed by atoms with Crippen molar-refractivity contribution in [1.29, 1.82) is 0 Å². The Kier molecular flexibility index (Phi) is 5.23. The zero-order valence-electron chi connectivity index (χ0n) is 11.4. The Morgan fingerprint density at radius 3 is 2.53 bits per heavy atom. The van der Waals surface area contributed by atoms with Crippen LogP contribution in [-0.2, 0) is 6.42 Å². The summed E-state index contributed by atoms with van der Waals surface area (Å²) in [5.41, 5.74) is 2.52. The minimum Gasteiger partial charge on any atom is -0.469 e. The van der Waals surface area contributed by atoms with Gasteiger partial charge in [-0.25, -0.2) is 0 Å². The summed E-state index contributed by atoms with van der Waals surface area (Å²) in [7, 11) is 0. The molecule has 0 bridgehead atoms. The average molecular weight is 322 g/mol. The maximum Gasteiger partial charge on any atom is 0.108 e. The van der Waals surface area contributed by atoms with E-state index >= 15 is 0 Å². The molecular formula is C16H20BrNO. The molecule has 0 spiro atoms. The first-order chi connectivity index (χ1) is 9.26. The lowest BCUT2D eigenvalue weighted by molar-refractivity contribution is 0.500. The average Bonchev–Trinajstić information content (AvgIpc) is 2.89. The molecule has 1 unspecified atom stereocenters. The van der Waals surface area contributed by atoms with Gasteiger partial charge in [0.2, 0.25) is 0 Å². The molecule has 2 rings (SSSR count). The molecule has 0 aliphatic carbocycles. The van der Waals surface area contributed by atoms with Gasteiger partial charge in [0.05, 0.1) is 12.3 Å². The van der Waals surface area contributed by atoms with Gasteiger partial charge in [0.1, 0.15) is 5.76 Å². The van der Waals surface area contributed by atoms with E-state index in [-0.39, 0.29) is 6.04 Å². The monoisotopic (exact) mass is 321 g/mol. The highest BCUT2D eigenvalue weighted by atomic mass is 79.9. The SMILES string of the molecule is CCCNC(c1ccc(Br)cc1)c1ccoc1CC. The van der Waals surface area contributed by atoms with E-state index in [9.17, 15) is 0 Å². The summed E-state index contributed by atoms with van der Waals surface area (Å²) in [6.07, 6.45) is 3.82. The first-order valence-corrected chi connectivity index (χ1v) is 7.60. The first kappa shape index (κ1) is 14.4. The molecule has 0 saturated carbocycles. The highest BCUT2D eigenvalue weighted by Gasteiger charge is 2.18. The van der Waals surface area contributed by atoms with Gasteiger partial charge >= 0.3 is 0 Å². The normalized spacial score (nSPS) is 12.6. The van der Waals surface area contributed by atoms with Crippen LogP contribution in [0.5, 0.6) is 0 Å². The number of nitrogens with one attached hydrogen (secondary N) is 1. The second-order valence-corrected chi connectivity index (χ2v) is 5.51. The molecule has 102 valence electrons. The lowest BCUT2D eigenvalue weighted by atomic mass is 9.98. The van der Waals surface area contributed by atoms with Gasteiger partial charge in [0.15, 0.2) is 0 Å². The van der Waals surface area contributed by atoms with Crippen molar-refractivity contribution in [3.63, 3.8) is 0 Å². The van der Waals surface area contributed by atoms with Gasteiger partial charge in [-0.05, 0) is 36.7 Å². The molecule has 2 nitrogen and oxygen atoms in total. The van der Waals surface area contributed by atoms with Crippen LogP contribution in [0.2, 0.25) is 0 Å². The van der Waals surface area contributed by atoms with Crippen LogP contribution < -0.4 is 5.32 Å². The van der Waals surface area contributed by atoms with Crippen molar-refractivity contribution < 1.29 is 4.42 Å². The van der Waals surface area contributed by atoms with Crippen molar-refractivity contribution in [2.24, 2.45) is 0 Å². The summed E-state index contributed by atoms with van der Waals surface area (Å²) >= 11 is 3.49. The van der Waals surface area contributed by atoms with E-state index in [0.717, 1.165) is 29.6 Å². The van der Waals surface area contributed by atoms with Crippen molar-refractivity contribution in [2.75, 3.05) is 6.54 Å². The molecule has 0 aliphatic heterocycles. The van der Waals surface area contributed by atoms with Crippen LogP contribution in [0.1, 0.15) is 43.2 Å². The molecule has 0 saturated heterocycles. The Labute approximate surface area is 123 Å². The van der Waals surface area contributed by atoms with Crippen LogP contribution in [-0.4, -0.2) is 6.54 Å². The van der Waals surface area contributed by atoms with Gasteiger partial charge in [-0.15, -0.1) is 0 Å². The fourth-order valence-electron chi connectivity index (χ4n) is 2.25. The highest BCUT2D eigenvalue weighted by molar-refractivity contribution is 9.10. The van der Waals surface area contributed by atoms with Crippen LogP contribution in [0.15, 0.2) is 45.5 Å². The van der Waals surface area contributed by atoms with E-state index in [2.05, 4.69) is 65.4 Å². The molecule has 0 aliphatic rings. The number of benzene rings is 1. The predicted octanol–water partition coefficient (Wildman–Crippen LogP) is 4.69. The Balaban J connectivity index is 2.32. The van der Waals surface area contributed by atoms with Crippen molar-refractivity contribution in [3.05, 3.63) is 58.0 Å². The quantitative estimate of drug-likeness (QED) is 0.834. The summed E-state index contributed by atoms with van der Waals surface area (Å²) in [4.78, 5) is 0. The van der Waals surface area contributed by atoms with Gasteiger partial charge in [-0.1, -0.05) is 41.9 Å². The zero-order valence-corrected chi connectivity index (χ0v) is 13.0. The minimum absolute atomic E-state index is 0.210. The van der Waals surface area contributed by atoms with Crippen LogP contribution >= 0.6 is 15.9 Å². The number of rotatable bonds is 6. The molecule has 0 fully saturated rings. The summed E-state index contributed by atoms with van der Waals surface area (Å²) in [5, 5.41) is 3.61. The number of halogens is 1. The van der Waals surface area contributed by atoms with E-state index < -0.39 is 0 Å². The summed E-state index contributed by atoms with van der Waals surface area (Å²) in [6, 6.07) is 10.8. The minimum atomic E-state index is 0.210. The zero-order chi connectivity index (χ0) is 13.7. The molecule has 1 atom stereocenters. The molecular weight excluding hydrogens is 302 g/mol. The molecule has 2 aromatic rings. The number of hydrogen-bond donors (Lipinski definition) is 1. The van der Waals surface area contributed by atoms with Crippen molar-refractivity contribution in [2.45, 2.75) is 32.7 Å². The fraction of sp³-hybridized carbons (Fsp3) is 0.375. The van der Waals surface area contributed by atoms with Gasteiger partial charge in [-0.2, -0.15) is 0 Å². The summed E-state index contributed by atoms with van der Waals surface area (Å²) in [5.74, 6) is 1.07. The predicted molar refractivity (Wildman–Crippen MR) is 82.4 cm³/mol. The van der Waals surface area contributed by atoms with Gasteiger partial charge in [0.25, 0.3) is 0 Å². The largest absolute Gasteiger partial charge is 0.469 e. The van der Waals surface area contributed by atoms with Crippen LogP contribution in [0, 0.1) is 0 Å². The third kappa shape index (κ3) is 3.48. The van der Waals surface area contributed by atoms with Gasteiger partial charge in [0, 0.05) is 16.5 Å². The lowest BCUT2D eigenvalue weighted by Crippen LogP contribution is -2.23. The fourth-order valence-corrected chi connectivity index (χ4v) is 2.51. The molecule has 19 heavy (non-hydrogen) atoms. The number of furan rings is 1. The standard InChI is InChI=1S/C16H20BrNO/c1-3-10-18-16(12-5-7-13(17)8-6-12)14-9-11-19-15(14)4-2/h5-9,11,16,18H,3-4,10H2,1-2H3. The van der Waals surface area contributed by atoms with Crippen molar-refractivity contribution in [3.8, 4) is 0 Å². The van der Waals surface area contributed by atoms with Crippen molar-refractivity contribution >= 4 is 15.9 Å². The second kappa shape index (κ2) is 6.92. The Hall–Kier alpha value is -1.06. The molecule has 1 N–H and O–H groups in total. The van der Waals surface area contributed by atoms with E-state index in [1.165, 1.54) is 11.1 Å². The third-order valence-electron chi connectivity index (χ3n) is 3.21. The lowest BCUT2D eigenvalue weighted by Gasteiger charge is -2.19. The second-order valence-electron chi connectivity index (χ2n) is 4.59. The van der Waals surface area contributed by atoms with E-state index in [4.69, 9.17) is 4.42 Å². The van der Waals surface area contributed by atoms with Gasteiger partial charge in [-0.3, -0.25) is 0 Å². The Morgan fingerprint density at radius 1 is 1.16 bits per heavy atom. The van der Waals surface area contributed by atoms with E-state index in [1.807, 2.05) is 0 Å². The molecule has 1 aromatic carbocycles. The molecule has 1 aromatic heterocycles. The van der Waals surface area contributed by atoms with E-state index in [1.54, 1.807) is 6.26 Å². The van der Waals surface area contributed by atoms with E-state index in [0.29, 0.717) is 0 Å². The molecule has 0 radical (unpaired) electrons. The third-order valence-corrected chi connectivity index (χ3v) is 3.74. The molecule has 3 heteroatoms. The Bertz CT molecular complexity index is 504. The van der Waals surface area contributed by atoms with Crippen molar-refractivity contribution in [1.82, 2.24) is 5.32 Å². The first-order valence-electron chi connectivity index (χ1n) is 6.81. The maximum atomic E-state index is 5.57. The number of aryl methyl sites for hydroxylation is 1. The smallest absolute Gasteiger partial charge is 0.108 e. The molecule has 0 amide bonds. The number of hydrogen-bond acceptors (Lipinski definition) is 2. The highest BCUT2D eigenvalue weighted by Crippen LogP contribution is 2.27. The summed E-state index contributed by atoms with van der Waals surface area (Å²) < 4.78 is 6.68. The maximum absolute atomic E-state index is 5.57. The topological polar surface area (TPSA) is 25.2 Å². The van der Waals surface area contributed by atoms with Crippen LogP contribution in [0.3, 0.4) is 0 Å². The van der Waals surface area contributed by atoms with Crippen LogP contribution in [0.25, 0.3) is 0 Å². The molecule has 1 heterocycles. The summed E-state index contributed by atoms with van der Waals surface area (Å²) in [6.45, 7) is 5.30.